The van der Waals surface area contributed by atoms with Gasteiger partial charge in [-0.15, -0.1) is 0 Å². The summed E-state index contributed by atoms with van der Waals surface area (Å²) < 4.78 is 7.89. The zero-order valence-corrected chi connectivity index (χ0v) is 17.4. The first-order valence-electron chi connectivity index (χ1n) is 10.5. The second-order valence-electron chi connectivity index (χ2n) is 7.44. The van der Waals surface area contributed by atoms with Gasteiger partial charge >= 0.3 is 0 Å². The van der Waals surface area contributed by atoms with Crippen LogP contribution in [0.25, 0.3) is 0 Å². The highest BCUT2D eigenvalue weighted by Crippen LogP contribution is 2.24. The van der Waals surface area contributed by atoms with Crippen molar-refractivity contribution in [1.29, 1.82) is 0 Å². The van der Waals surface area contributed by atoms with Crippen LogP contribution in [-0.2, 0) is 6.54 Å². The van der Waals surface area contributed by atoms with E-state index in [-0.39, 0.29) is 11.9 Å². The van der Waals surface area contributed by atoms with Crippen LogP contribution in [0.3, 0.4) is 0 Å². The molecule has 6 nitrogen and oxygen atoms in total. The average molecular weight is 405 g/mol. The number of carbonyl (C=O) groups excluding carboxylic acids is 1. The summed E-state index contributed by atoms with van der Waals surface area (Å²) >= 11 is 0. The van der Waals surface area contributed by atoms with Gasteiger partial charge in [-0.2, -0.15) is 5.10 Å². The Bertz CT molecular complexity index is 934. The van der Waals surface area contributed by atoms with Gasteiger partial charge in [0, 0.05) is 38.9 Å². The largest absolute Gasteiger partial charge is 0.492 e. The summed E-state index contributed by atoms with van der Waals surface area (Å²) in [5, 5.41) is 4.36. The Morgan fingerprint density at radius 2 is 1.63 bits per heavy atom. The van der Waals surface area contributed by atoms with Crippen molar-refractivity contribution in [2.24, 2.45) is 0 Å². The number of hydrogen-bond acceptors (Lipinski definition) is 4. The fraction of sp³-hybridized carbons (Fsp3) is 0.333. The van der Waals surface area contributed by atoms with E-state index in [4.69, 9.17) is 4.74 Å². The van der Waals surface area contributed by atoms with Crippen LogP contribution in [0.1, 0.15) is 29.0 Å². The first-order chi connectivity index (χ1) is 14.7. The summed E-state index contributed by atoms with van der Waals surface area (Å²) in [5.41, 5.74) is 1.76. The van der Waals surface area contributed by atoms with E-state index in [0.29, 0.717) is 25.4 Å². The number of rotatable bonds is 7. The summed E-state index contributed by atoms with van der Waals surface area (Å²) in [6.45, 7) is 6.33. The van der Waals surface area contributed by atoms with E-state index < -0.39 is 0 Å². The second-order valence-corrected chi connectivity index (χ2v) is 7.44. The molecule has 0 bridgehead atoms. The van der Waals surface area contributed by atoms with Crippen molar-refractivity contribution in [2.75, 3.05) is 32.8 Å². The average Bonchev–Trinajstić information content (AvgIpc) is 3.30. The molecule has 6 heteroatoms. The number of benzene rings is 2. The molecule has 1 aliphatic rings. The molecule has 0 N–H and O–H groups in total. The molecule has 156 valence electrons. The number of aromatic nitrogens is 2. The Morgan fingerprint density at radius 1 is 0.967 bits per heavy atom. The van der Waals surface area contributed by atoms with Crippen molar-refractivity contribution in [1.82, 2.24) is 19.6 Å². The van der Waals surface area contributed by atoms with Crippen molar-refractivity contribution in [2.45, 2.75) is 19.5 Å². The lowest BCUT2D eigenvalue weighted by Gasteiger charge is -2.39. The molecule has 30 heavy (non-hydrogen) atoms. The zero-order valence-electron chi connectivity index (χ0n) is 17.4. The first-order valence-corrected chi connectivity index (χ1v) is 10.5. The Balaban J connectivity index is 1.41. The van der Waals surface area contributed by atoms with E-state index >= 15 is 0 Å². The van der Waals surface area contributed by atoms with Gasteiger partial charge in [-0.05, 0) is 30.7 Å². The number of hydrogen-bond donors (Lipinski definition) is 0. The molecule has 1 atom stereocenters. The number of ether oxygens (including phenoxy) is 1. The van der Waals surface area contributed by atoms with Crippen molar-refractivity contribution in [3.63, 3.8) is 0 Å². The topological polar surface area (TPSA) is 50.6 Å². The number of carbonyl (C=O) groups is 1. The number of amides is 1. The van der Waals surface area contributed by atoms with E-state index in [1.807, 2.05) is 54.4 Å². The Labute approximate surface area is 177 Å². The molecule has 2 heterocycles. The van der Waals surface area contributed by atoms with Gasteiger partial charge in [0.15, 0.2) is 0 Å². The molecular weight excluding hydrogens is 376 g/mol. The molecule has 0 aliphatic carbocycles. The third-order valence-corrected chi connectivity index (χ3v) is 5.56. The van der Waals surface area contributed by atoms with Crippen LogP contribution < -0.4 is 4.74 Å². The maximum atomic E-state index is 12.8. The summed E-state index contributed by atoms with van der Waals surface area (Å²) in [6, 6.07) is 22.3. The van der Waals surface area contributed by atoms with Gasteiger partial charge in [0.2, 0.25) is 0 Å². The maximum absolute atomic E-state index is 12.8. The fourth-order valence-electron chi connectivity index (χ4n) is 3.83. The van der Waals surface area contributed by atoms with Crippen LogP contribution in [0.5, 0.6) is 5.75 Å². The standard InChI is InChI=1S/C24H28N4O2/c1-2-28-14-13-22(25-28)24(29)27-17-15-26(16-18-27)23(20-9-5-3-6-10-20)19-30-21-11-7-4-8-12-21/h3-14,23H,2,15-19H2,1H3. The van der Waals surface area contributed by atoms with Crippen LogP contribution >= 0.6 is 0 Å². The van der Waals surface area contributed by atoms with Gasteiger partial charge in [0.1, 0.15) is 18.1 Å². The normalized spacial score (nSPS) is 15.7. The number of nitrogens with zero attached hydrogens (tertiary/aromatic N) is 4. The maximum Gasteiger partial charge on any atom is 0.274 e. The van der Waals surface area contributed by atoms with Crippen molar-refractivity contribution >= 4 is 5.91 Å². The first kappa shape index (κ1) is 20.2. The quantitative estimate of drug-likeness (QED) is 0.605. The van der Waals surface area contributed by atoms with Crippen LogP contribution in [0, 0.1) is 0 Å². The highest BCUT2D eigenvalue weighted by Gasteiger charge is 2.28. The lowest BCUT2D eigenvalue weighted by atomic mass is 10.0. The Morgan fingerprint density at radius 3 is 2.27 bits per heavy atom. The molecule has 0 radical (unpaired) electrons. The molecule has 1 unspecified atom stereocenters. The molecule has 0 spiro atoms. The van der Waals surface area contributed by atoms with Gasteiger partial charge in [-0.1, -0.05) is 48.5 Å². The predicted molar refractivity (Wildman–Crippen MR) is 116 cm³/mol. The summed E-state index contributed by atoms with van der Waals surface area (Å²) in [4.78, 5) is 17.1. The monoisotopic (exact) mass is 404 g/mol. The SMILES string of the molecule is CCn1ccc(C(=O)N2CCN(C(COc3ccccc3)c3ccccc3)CC2)n1. The molecule has 3 aromatic rings. The highest BCUT2D eigenvalue weighted by atomic mass is 16.5. The van der Waals surface area contributed by atoms with Crippen molar-refractivity contribution < 1.29 is 9.53 Å². The molecule has 4 rings (SSSR count). The van der Waals surface area contributed by atoms with Crippen LogP contribution in [0.4, 0.5) is 0 Å². The summed E-state index contributed by atoms with van der Waals surface area (Å²) in [5.74, 6) is 0.886. The van der Waals surface area contributed by atoms with E-state index in [9.17, 15) is 4.79 Å². The van der Waals surface area contributed by atoms with Crippen molar-refractivity contribution in [3.05, 3.63) is 84.2 Å². The van der Waals surface area contributed by atoms with Crippen molar-refractivity contribution in [3.8, 4) is 5.75 Å². The third-order valence-electron chi connectivity index (χ3n) is 5.56. The lowest BCUT2D eigenvalue weighted by Crippen LogP contribution is -2.50. The minimum absolute atomic E-state index is 0.0126. The molecule has 2 aromatic carbocycles. The minimum Gasteiger partial charge on any atom is -0.492 e. The Kier molecular flexibility index (Phi) is 6.44. The van der Waals surface area contributed by atoms with Gasteiger partial charge in [0.05, 0.1) is 6.04 Å². The zero-order chi connectivity index (χ0) is 20.8. The minimum atomic E-state index is 0.0126. The summed E-state index contributed by atoms with van der Waals surface area (Å²) in [6.07, 6.45) is 1.86. The summed E-state index contributed by atoms with van der Waals surface area (Å²) in [7, 11) is 0. The number of aryl methyl sites for hydroxylation is 1. The molecular formula is C24H28N4O2. The van der Waals surface area contributed by atoms with Crippen LogP contribution in [0.15, 0.2) is 72.9 Å². The predicted octanol–water partition coefficient (Wildman–Crippen LogP) is 3.48. The third kappa shape index (κ3) is 4.71. The highest BCUT2D eigenvalue weighted by molar-refractivity contribution is 5.92. The molecule has 1 aromatic heterocycles. The fourth-order valence-corrected chi connectivity index (χ4v) is 3.83. The molecule has 0 saturated carbocycles. The second kappa shape index (κ2) is 9.59. The molecule has 1 saturated heterocycles. The lowest BCUT2D eigenvalue weighted by molar-refractivity contribution is 0.0494. The number of piperazine rings is 1. The van der Waals surface area contributed by atoms with Gasteiger partial charge in [-0.3, -0.25) is 14.4 Å². The van der Waals surface area contributed by atoms with E-state index in [2.05, 4.69) is 34.3 Å². The smallest absolute Gasteiger partial charge is 0.274 e. The van der Waals surface area contributed by atoms with Gasteiger partial charge < -0.3 is 9.64 Å². The Hall–Kier alpha value is -3.12. The molecule has 1 fully saturated rings. The van der Waals surface area contributed by atoms with E-state index in [0.717, 1.165) is 25.4 Å². The van der Waals surface area contributed by atoms with E-state index in [1.54, 1.807) is 10.7 Å². The van der Waals surface area contributed by atoms with E-state index in [1.165, 1.54) is 5.56 Å². The van der Waals surface area contributed by atoms with Gasteiger partial charge in [-0.25, -0.2) is 0 Å². The number of para-hydroxylation sites is 1. The van der Waals surface area contributed by atoms with Gasteiger partial charge in [0.25, 0.3) is 5.91 Å². The van der Waals surface area contributed by atoms with Crippen LogP contribution in [-0.4, -0.2) is 58.3 Å². The van der Waals surface area contributed by atoms with Crippen LogP contribution in [0.2, 0.25) is 0 Å². The molecule has 1 amide bonds. The molecule has 1 aliphatic heterocycles.